The fourth-order valence-corrected chi connectivity index (χ4v) is 2.34. The third kappa shape index (κ3) is 3.65. The molecule has 4 nitrogen and oxygen atoms in total. The molecule has 0 fully saturated rings. The number of rotatable bonds is 5. The standard InChI is InChI=1S/C12H12F3NO3S/c13-12(14,15)7-1-2-10-9(3-7)16-11(19-10)6-20-5-8(18)4-17/h1-3,8,17-18H,4-6H2. The van der Waals surface area contributed by atoms with E-state index in [1.54, 1.807) is 0 Å². The van der Waals surface area contributed by atoms with Crippen LogP contribution in [0, 0.1) is 0 Å². The lowest BCUT2D eigenvalue weighted by Crippen LogP contribution is -2.14. The molecule has 1 aromatic carbocycles. The zero-order valence-corrected chi connectivity index (χ0v) is 11.0. The van der Waals surface area contributed by atoms with Gasteiger partial charge in [-0.1, -0.05) is 0 Å². The number of aliphatic hydroxyl groups excluding tert-OH is 2. The molecule has 1 heterocycles. The Morgan fingerprint density at radius 2 is 2.10 bits per heavy atom. The van der Waals surface area contributed by atoms with Crippen LogP contribution in [0.4, 0.5) is 13.2 Å². The topological polar surface area (TPSA) is 66.5 Å². The van der Waals surface area contributed by atoms with Gasteiger partial charge >= 0.3 is 6.18 Å². The maximum atomic E-state index is 12.5. The van der Waals surface area contributed by atoms with Crippen molar-refractivity contribution in [3.63, 3.8) is 0 Å². The smallest absolute Gasteiger partial charge is 0.416 e. The predicted octanol–water partition coefficient (Wildman–Crippen LogP) is 2.43. The largest absolute Gasteiger partial charge is 0.440 e. The Balaban J connectivity index is 2.09. The van der Waals surface area contributed by atoms with Crippen molar-refractivity contribution in [1.82, 2.24) is 4.98 Å². The lowest BCUT2D eigenvalue weighted by Gasteiger charge is -2.04. The van der Waals surface area contributed by atoms with Crippen molar-refractivity contribution in [3.05, 3.63) is 29.7 Å². The highest BCUT2D eigenvalue weighted by Gasteiger charge is 2.31. The van der Waals surface area contributed by atoms with Gasteiger partial charge in [0.1, 0.15) is 5.52 Å². The maximum Gasteiger partial charge on any atom is 0.416 e. The quantitative estimate of drug-likeness (QED) is 0.888. The lowest BCUT2D eigenvalue weighted by molar-refractivity contribution is -0.137. The van der Waals surface area contributed by atoms with E-state index in [-0.39, 0.29) is 23.6 Å². The first-order valence-corrected chi connectivity index (χ1v) is 6.89. The van der Waals surface area contributed by atoms with Gasteiger partial charge in [-0.3, -0.25) is 0 Å². The molecule has 0 saturated heterocycles. The minimum atomic E-state index is -4.41. The van der Waals surface area contributed by atoms with Crippen molar-refractivity contribution in [2.24, 2.45) is 0 Å². The molecule has 2 aromatic rings. The van der Waals surface area contributed by atoms with E-state index >= 15 is 0 Å². The second kappa shape index (κ2) is 6.02. The van der Waals surface area contributed by atoms with Crippen molar-refractivity contribution >= 4 is 22.9 Å². The number of fused-ring (bicyclic) bond motifs is 1. The minimum absolute atomic E-state index is 0.151. The molecule has 0 saturated carbocycles. The molecule has 2 rings (SSSR count). The summed E-state index contributed by atoms with van der Waals surface area (Å²) < 4.78 is 42.9. The van der Waals surface area contributed by atoms with E-state index in [4.69, 9.17) is 14.6 Å². The van der Waals surface area contributed by atoms with Crippen LogP contribution in [0.15, 0.2) is 22.6 Å². The van der Waals surface area contributed by atoms with Crippen LogP contribution in [0.5, 0.6) is 0 Å². The zero-order chi connectivity index (χ0) is 14.8. The first kappa shape index (κ1) is 15.1. The van der Waals surface area contributed by atoms with E-state index in [1.165, 1.54) is 17.8 Å². The molecule has 0 spiro atoms. The van der Waals surface area contributed by atoms with Crippen molar-refractivity contribution < 1.29 is 27.8 Å². The van der Waals surface area contributed by atoms with Crippen molar-refractivity contribution in [2.75, 3.05) is 12.4 Å². The van der Waals surface area contributed by atoms with Crippen LogP contribution in [0.3, 0.4) is 0 Å². The van der Waals surface area contributed by atoms with Crippen LogP contribution < -0.4 is 0 Å². The summed E-state index contributed by atoms with van der Waals surface area (Å²) in [6.45, 7) is -0.338. The van der Waals surface area contributed by atoms with Gasteiger partial charge in [0.05, 0.1) is 24.0 Å². The van der Waals surface area contributed by atoms with Crippen molar-refractivity contribution in [2.45, 2.75) is 18.0 Å². The zero-order valence-electron chi connectivity index (χ0n) is 10.2. The Hall–Kier alpha value is -1.25. The fraction of sp³-hybridized carbons (Fsp3) is 0.417. The molecule has 0 bridgehead atoms. The summed E-state index contributed by atoms with van der Waals surface area (Å²) in [6.07, 6.45) is -5.24. The molecule has 0 radical (unpaired) electrons. The highest BCUT2D eigenvalue weighted by atomic mass is 32.2. The SMILES string of the molecule is OCC(O)CSCc1nc2cc(C(F)(F)F)ccc2o1. The van der Waals surface area contributed by atoms with Gasteiger partial charge < -0.3 is 14.6 Å². The first-order valence-electron chi connectivity index (χ1n) is 5.73. The number of aromatic nitrogens is 1. The van der Waals surface area contributed by atoms with Crippen LogP contribution in [-0.2, 0) is 11.9 Å². The predicted molar refractivity (Wildman–Crippen MR) is 68.3 cm³/mol. The van der Waals surface area contributed by atoms with Crippen molar-refractivity contribution in [3.8, 4) is 0 Å². The average molecular weight is 307 g/mol. The highest BCUT2D eigenvalue weighted by Crippen LogP contribution is 2.31. The Morgan fingerprint density at radius 3 is 2.75 bits per heavy atom. The van der Waals surface area contributed by atoms with Crippen LogP contribution in [-0.4, -0.2) is 33.7 Å². The lowest BCUT2D eigenvalue weighted by atomic mass is 10.2. The maximum absolute atomic E-state index is 12.5. The van der Waals surface area contributed by atoms with E-state index in [9.17, 15) is 13.2 Å². The fourth-order valence-electron chi connectivity index (χ4n) is 1.55. The van der Waals surface area contributed by atoms with Gasteiger partial charge in [-0.15, -0.1) is 11.8 Å². The Kier molecular flexibility index (Phi) is 4.56. The van der Waals surface area contributed by atoms with Gasteiger partial charge in [0.25, 0.3) is 0 Å². The molecule has 1 aromatic heterocycles. The third-order valence-corrected chi connectivity index (χ3v) is 3.58. The number of hydrogen-bond donors (Lipinski definition) is 2. The second-order valence-electron chi connectivity index (χ2n) is 4.14. The van der Waals surface area contributed by atoms with Gasteiger partial charge in [-0.05, 0) is 18.2 Å². The van der Waals surface area contributed by atoms with E-state index in [0.717, 1.165) is 12.1 Å². The number of thioether (sulfide) groups is 1. The van der Waals surface area contributed by atoms with Crippen LogP contribution in [0.2, 0.25) is 0 Å². The molecule has 0 aliphatic carbocycles. The molecule has 20 heavy (non-hydrogen) atoms. The summed E-state index contributed by atoms with van der Waals surface area (Å²) in [5, 5.41) is 17.8. The molecule has 110 valence electrons. The second-order valence-corrected chi connectivity index (χ2v) is 5.17. The Labute approximate surface area is 116 Å². The number of aliphatic hydroxyl groups is 2. The molecule has 0 amide bonds. The average Bonchev–Trinajstić information content (AvgIpc) is 2.78. The molecule has 0 aliphatic rings. The van der Waals surface area contributed by atoms with Crippen molar-refractivity contribution in [1.29, 1.82) is 0 Å². The summed E-state index contributed by atoms with van der Waals surface area (Å²) in [5.41, 5.74) is -0.331. The van der Waals surface area contributed by atoms with Gasteiger partial charge in [0.15, 0.2) is 5.58 Å². The number of benzene rings is 1. The van der Waals surface area contributed by atoms with Gasteiger partial charge in [-0.25, -0.2) is 4.98 Å². The first-order chi connectivity index (χ1) is 9.40. The van der Waals surface area contributed by atoms with Crippen LogP contribution in [0.25, 0.3) is 11.1 Å². The summed E-state index contributed by atoms with van der Waals surface area (Å²) in [5.74, 6) is 0.894. The normalized spacial score (nSPS) is 13.8. The third-order valence-electron chi connectivity index (χ3n) is 2.51. The van der Waals surface area contributed by atoms with E-state index in [0.29, 0.717) is 11.5 Å². The summed E-state index contributed by atoms with van der Waals surface area (Å²) >= 11 is 1.28. The van der Waals surface area contributed by atoms with Crippen LogP contribution >= 0.6 is 11.8 Å². The number of nitrogens with zero attached hydrogens (tertiary/aromatic N) is 1. The Morgan fingerprint density at radius 1 is 1.35 bits per heavy atom. The number of halogens is 3. The van der Waals surface area contributed by atoms with E-state index in [2.05, 4.69) is 4.98 Å². The molecular weight excluding hydrogens is 295 g/mol. The Bertz CT molecular complexity index is 585. The summed E-state index contributed by atoms with van der Waals surface area (Å²) in [4.78, 5) is 3.98. The molecule has 1 atom stereocenters. The number of hydrogen-bond acceptors (Lipinski definition) is 5. The van der Waals surface area contributed by atoms with Gasteiger partial charge in [0, 0.05) is 5.75 Å². The number of oxazole rings is 1. The monoisotopic (exact) mass is 307 g/mol. The van der Waals surface area contributed by atoms with Crippen LogP contribution in [0.1, 0.15) is 11.5 Å². The van der Waals surface area contributed by atoms with Gasteiger partial charge in [0.2, 0.25) is 5.89 Å². The highest BCUT2D eigenvalue weighted by molar-refractivity contribution is 7.98. The molecule has 1 unspecified atom stereocenters. The summed E-state index contributed by atoms with van der Waals surface area (Å²) in [7, 11) is 0. The number of alkyl halides is 3. The van der Waals surface area contributed by atoms with E-state index in [1.807, 2.05) is 0 Å². The van der Waals surface area contributed by atoms with E-state index < -0.39 is 17.8 Å². The molecule has 8 heteroatoms. The minimum Gasteiger partial charge on any atom is -0.440 e. The molecular formula is C12H12F3NO3S. The molecule has 0 aliphatic heterocycles. The summed E-state index contributed by atoms with van der Waals surface area (Å²) in [6, 6.07) is 3.12. The van der Waals surface area contributed by atoms with Gasteiger partial charge in [-0.2, -0.15) is 13.2 Å². The molecule has 2 N–H and O–H groups in total.